The van der Waals surface area contributed by atoms with Crippen molar-refractivity contribution in [2.24, 2.45) is 0 Å². The summed E-state index contributed by atoms with van der Waals surface area (Å²) in [6.07, 6.45) is 0. The first-order chi connectivity index (χ1) is 5.36. The molecule has 0 aliphatic heterocycles. The smallest absolute Gasteiger partial charge is 0.139 e. The summed E-state index contributed by atoms with van der Waals surface area (Å²) in [5.41, 5.74) is 0. The molecule has 0 saturated heterocycles. The number of hydrogen-bond donors (Lipinski definition) is 0. The maximum absolute atomic E-state index is 12.5. The lowest BCUT2D eigenvalue weighted by atomic mass is 10.1. The van der Waals surface area contributed by atoms with Crippen LogP contribution in [-0.4, -0.2) is 0 Å². The van der Waals surface area contributed by atoms with E-state index in [4.69, 9.17) is 0 Å². The van der Waals surface area contributed by atoms with Crippen LogP contribution in [0.1, 0.15) is 0 Å². The molecular weight excluding hydrogens is 139 g/mol. The maximum atomic E-state index is 12.5. The molecule has 2 radical (unpaired) electrons. The third kappa shape index (κ3) is 1.09. The highest BCUT2D eigenvalue weighted by atomic mass is 19.1. The van der Waals surface area contributed by atoms with E-state index in [1.54, 1.807) is 6.07 Å². The highest BCUT2D eigenvalue weighted by molar-refractivity contribution is 5.81. The molecule has 0 N–H and O–H groups in total. The SMILES string of the molecule is Fc1[c]cc2ccccc2[c]1. The molecule has 0 fully saturated rings. The number of hydrogen-bond acceptors (Lipinski definition) is 0. The maximum Gasteiger partial charge on any atom is 0.139 e. The standard InChI is InChI=1S/C10H5F/c11-10-6-5-8-3-1-2-4-9(8)7-10/h1-5H. The third-order valence-electron chi connectivity index (χ3n) is 1.56. The molecule has 1 heteroatoms. The van der Waals surface area contributed by atoms with Crippen LogP contribution in [-0.2, 0) is 0 Å². The van der Waals surface area contributed by atoms with Gasteiger partial charge in [-0.15, -0.1) is 0 Å². The molecule has 0 unspecified atom stereocenters. The molecule has 0 aliphatic carbocycles. The van der Waals surface area contributed by atoms with Crippen molar-refractivity contribution in [3.63, 3.8) is 0 Å². The van der Waals surface area contributed by atoms with Crippen molar-refractivity contribution in [2.75, 3.05) is 0 Å². The summed E-state index contributed by atoms with van der Waals surface area (Å²) in [5, 5.41) is 1.76. The quantitative estimate of drug-likeness (QED) is 0.533. The number of benzene rings is 2. The van der Waals surface area contributed by atoms with Crippen LogP contribution in [0.5, 0.6) is 0 Å². The first-order valence-electron chi connectivity index (χ1n) is 3.34. The van der Waals surface area contributed by atoms with Crippen LogP contribution in [0.2, 0.25) is 0 Å². The molecule has 0 heterocycles. The predicted molar refractivity (Wildman–Crippen MR) is 41.6 cm³/mol. The van der Waals surface area contributed by atoms with Gasteiger partial charge in [0.05, 0.1) is 0 Å². The first kappa shape index (κ1) is 6.35. The van der Waals surface area contributed by atoms with Crippen LogP contribution in [0.4, 0.5) is 4.39 Å². The lowest BCUT2D eigenvalue weighted by Crippen LogP contribution is -1.75. The van der Waals surface area contributed by atoms with Gasteiger partial charge in [-0.1, -0.05) is 24.3 Å². The molecular formula is C10H5F. The molecule has 11 heavy (non-hydrogen) atoms. The van der Waals surface area contributed by atoms with Gasteiger partial charge in [0.2, 0.25) is 0 Å². The Morgan fingerprint density at radius 1 is 1.18 bits per heavy atom. The van der Waals surface area contributed by atoms with E-state index < -0.39 is 5.82 Å². The Morgan fingerprint density at radius 2 is 2.00 bits per heavy atom. The van der Waals surface area contributed by atoms with E-state index in [1.165, 1.54) is 0 Å². The zero-order valence-corrected chi connectivity index (χ0v) is 5.76. The second kappa shape index (κ2) is 2.35. The van der Waals surface area contributed by atoms with Gasteiger partial charge in [0, 0.05) is 12.1 Å². The Kier molecular flexibility index (Phi) is 1.35. The van der Waals surface area contributed by atoms with Gasteiger partial charge in [-0.25, -0.2) is 4.39 Å². The summed E-state index contributed by atoms with van der Waals surface area (Å²) in [6, 6.07) is 14.1. The van der Waals surface area contributed by atoms with Crippen LogP contribution in [0, 0.1) is 17.9 Å². The molecule has 0 bridgehead atoms. The van der Waals surface area contributed by atoms with E-state index in [1.807, 2.05) is 24.3 Å². The first-order valence-corrected chi connectivity index (χ1v) is 3.34. The minimum atomic E-state index is -0.427. The molecule has 52 valence electrons. The van der Waals surface area contributed by atoms with Crippen molar-refractivity contribution in [2.45, 2.75) is 0 Å². The monoisotopic (exact) mass is 144 g/mol. The number of fused-ring (bicyclic) bond motifs is 1. The fraction of sp³-hybridized carbons (Fsp3) is 0. The van der Waals surface area contributed by atoms with E-state index in [-0.39, 0.29) is 0 Å². The second-order valence-corrected chi connectivity index (χ2v) is 2.31. The van der Waals surface area contributed by atoms with Crippen molar-refractivity contribution in [3.8, 4) is 0 Å². The molecule has 0 nitrogen and oxygen atoms in total. The van der Waals surface area contributed by atoms with Gasteiger partial charge in [-0.2, -0.15) is 0 Å². The normalized spacial score (nSPS) is 10.3. The molecule has 0 atom stereocenters. The van der Waals surface area contributed by atoms with Gasteiger partial charge in [-0.3, -0.25) is 0 Å². The van der Waals surface area contributed by atoms with Gasteiger partial charge in [0.15, 0.2) is 0 Å². The van der Waals surface area contributed by atoms with E-state index >= 15 is 0 Å². The van der Waals surface area contributed by atoms with Gasteiger partial charge >= 0.3 is 0 Å². The lowest BCUT2D eigenvalue weighted by molar-refractivity contribution is 0.625. The fourth-order valence-electron chi connectivity index (χ4n) is 1.03. The molecule has 0 saturated carbocycles. The molecule has 2 rings (SSSR count). The molecule has 0 aromatic heterocycles. The molecule has 0 aliphatic rings. The van der Waals surface area contributed by atoms with E-state index in [0.717, 1.165) is 10.8 Å². The van der Waals surface area contributed by atoms with Crippen LogP contribution in [0.15, 0.2) is 30.3 Å². The largest absolute Gasteiger partial charge is 0.206 e. The van der Waals surface area contributed by atoms with Crippen molar-refractivity contribution >= 4 is 10.8 Å². The highest BCUT2D eigenvalue weighted by Gasteiger charge is 1.93. The summed E-state index contributed by atoms with van der Waals surface area (Å²) in [7, 11) is 0. The third-order valence-corrected chi connectivity index (χ3v) is 1.56. The van der Waals surface area contributed by atoms with Crippen molar-refractivity contribution in [3.05, 3.63) is 48.3 Å². The Morgan fingerprint density at radius 3 is 2.91 bits per heavy atom. The van der Waals surface area contributed by atoms with Crippen molar-refractivity contribution < 1.29 is 4.39 Å². The second-order valence-electron chi connectivity index (χ2n) is 2.31. The minimum Gasteiger partial charge on any atom is -0.206 e. The predicted octanol–water partition coefficient (Wildman–Crippen LogP) is 2.58. The average molecular weight is 144 g/mol. The number of halogens is 1. The topological polar surface area (TPSA) is 0 Å². The van der Waals surface area contributed by atoms with Gasteiger partial charge in [0.1, 0.15) is 5.82 Å². The van der Waals surface area contributed by atoms with E-state index in [9.17, 15) is 4.39 Å². The summed E-state index contributed by atoms with van der Waals surface area (Å²) in [4.78, 5) is 0. The zero-order valence-electron chi connectivity index (χ0n) is 5.76. The number of rotatable bonds is 0. The fourth-order valence-corrected chi connectivity index (χ4v) is 1.03. The van der Waals surface area contributed by atoms with Gasteiger partial charge in [-0.05, 0) is 16.8 Å². The van der Waals surface area contributed by atoms with Crippen LogP contribution < -0.4 is 0 Å². The van der Waals surface area contributed by atoms with Gasteiger partial charge < -0.3 is 0 Å². The highest BCUT2D eigenvalue weighted by Crippen LogP contribution is 2.12. The van der Waals surface area contributed by atoms with E-state index in [2.05, 4.69) is 12.1 Å². The van der Waals surface area contributed by atoms with Crippen molar-refractivity contribution in [1.29, 1.82) is 0 Å². The zero-order chi connectivity index (χ0) is 7.68. The Labute approximate surface area is 64.3 Å². The van der Waals surface area contributed by atoms with Crippen LogP contribution >= 0.6 is 0 Å². The van der Waals surface area contributed by atoms with Crippen LogP contribution in [0.25, 0.3) is 10.8 Å². The van der Waals surface area contributed by atoms with Gasteiger partial charge in [0.25, 0.3) is 0 Å². The molecule has 2 aromatic rings. The summed E-state index contributed by atoms with van der Waals surface area (Å²) >= 11 is 0. The Bertz CT molecular complexity index is 379. The van der Waals surface area contributed by atoms with E-state index in [0.29, 0.717) is 0 Å². The summed E-state index contributed by atoms with van der Waals surface area (Å²) in [6.45, 7) is 0. The van der Waals surface area contributed by atoms with Crippen LogP contribution in [0.3, 0.4) is 0 Å². The average Bonchev–Trinajstić information content (AvgIpc) is 2.04. The van der Waals surface area contributed by atoms with Crippen molar-refractivity contribution in [1.82, 2.24) is 0 Å². The molecule has 0 spiro atoms. The summed E-state index contributed by atoms with van der Waals surface area (Å²) < 4.78 is 12.5. The Hall–Kier alpha value is -1.37. The Balaban J connectivity index is 2.83. The summed E-state index contributed by atoms with van der Waals surface area (Å²) in [5.74, 6) is -0.427. The minimum absolute atomic E-state index is 0.427. The molecule has 2 aromatic carbocycles. The lowest BCUT2D eigenvalue weighted by Gasteiger charge is -1.93. The molecule has 0 amide bonds.